The van der Waals surface area contributed by atoms with Crippen LogP contribution in [0.3, 0.4) is 0 Å². The molecule has 0 atom stereocenters. The average Bonchev–Trinajstić information content (AvgIpc) is 2.46. The van der Waals surface area contributed by atoms with Crippen molar-refractivity contribution in [1.29, 1.82) is 0 Å². The van der Waals surface area contributed by atoms with Gasteiger partial charge in [-0.1, -0.05) is 12.1 Å². The maximum absolute atomic E-state index is 11.0. The SMILES string of the molecule is COc1cccc(COc2c(C)cc(OC(C)=O)cc2C)c1. The minimum atomic E-state index is -0.330. The largest absolute Gasteiger partial charge is 0.497 e. The van der Waals surface area contributed by atoms with E-state index in [0.717, 1.165) is 28.2 Å². The molecule has 22 heavy (non-hydrogen) atoms. The van der Waals surface area contributed by atoms with Crippen LogP contribution in [0.15, 0.2) is 36.4 Å². The Labute approximate surface area is 130 Å². The van der Waals surface area contributed by atoms with E-state index in [4.69, 9.17) is 14.2 Å². The normalized spacial score (nSPS) is 10.2. The molecule has 0 fully saturated rings. The third-order valence-corrected chi connectivity index (χ3v) is 3.21. The molecule has 2 aromatic carbocycles. The third-order valence-electron chi connectivity index (χ3n) is 3.21. The number of aryl methyl sites for hydroxylation is 2. The van der Waals surface area contributed by atoms with E-state index in [1.54, 1.807) is 19.2 Å². The van der Waals surface area contributed by atoms with Gasteiger partial charge in [0.2, 0.25) is 0 Å². The summed E-state index contributed by atoms with van der Waals surface area (Å²) in [4.78, 5) is 11.0. The number of benzene rings is 2. The molecule has 2 rings (SSSR count). The number of hydrogen-bond donors (Lipinski definition) is 0. The first-order valence-electron chi connectivity index (χ1n) is 7.05. The van der Waals surface area contributed by atoms with Crippen LogP contribution in [-0.4, -0.2) is 13.1 Å². The fourth-order valence-electron chi connectivity index (χ4n) is 2.28. The highest BCUT2D eigenvalue weighted by Gasteiger charge is 2.09. The first kappa shape index (κ1) is 15.9. The molecular formula is C18H20O4. The lowest BCUT2D eigenvalue weighted by atomic mass is 10.1. The molecule has 0 N–H and O–H groups in total. The van der Waals surface area contributed by atoms with Gasteiger partial charge in [0.15, 0.2) is 0 Å². The van der Waals surface area contributed by atoms with E-state index in [1.807, 2.05) is 38.1 Å². The number of methoxy groups -OCH3 is 1. The lowest BCUT2D eigenvalue weighted by Crippen LogP contribution is -2.04. The molecule has 0 heterocycles. The summed E-state index contributed by atoms with van der Waals surface area (Å²) in [6, 6.07) is 11.4. The van der Waals surface area contributed by atoms with E-state index >= 15 is 0 Å². The van der Waals surface area contributed by atoms with Gasteiger partial charge < -0.3 is 14.2 Å². The molecule has 0 unspecified atom stereocenters. The monoisotopic (exact) mass is 300 g/mol. The first-order valence-corrected chi connectivity index (χ1v) is 7.05. The Kier molecular flexibility index (Phi) is 5.04. The molecule has 0 aliphatic rings. The van der Waals surface area contributed by atoms with Gasteiger partial charge in [0.05, 0.1) is 7.11 Å². The van der Waals surface area contributed by atoms with E-state index in [-0.39, 0.29) is 5.97 Å². The lowest BCUT2D eigenvalue weighted by Gasteiger charge is -2.14. The minimum absolute atomic E-state index is 0.330. The maximum atomic E-state index is 11.0. The second-order valence-electron chi connectivity index (χ2n) is 5.12. The highest BCUT2D eigenvalue weighted by Crippen LogP contribution is 2.29. The zero-order valence-corrected chi connectivity index (χ0v) is 13.3. The average molecular weight is 300 g/mol. The van der Waals surface area contributed by atoms with Gasteiger partial charge in [-0.05, 0) is 54.8 Å². The predicted octanol–water partition coefficient (Wildman–Crippen LogP) is 3.82. The molecular weight excluding hydrogens is 280 g/mol. The third kappa shape index (κ3) is 4.01. The Balaban J connectivity index is 2.14. The zero-order chi connectivity index (χ0) is 16.1. The van der Waals surface area contributed by atoms with Gasteiger partial charge in [0.1, 0.15) is 23.9 Å². The summed E-state index contributed by atoms with van der Waals surface area (Å²) in [6.07, 6.45) is 0. The van der Waals surface area contributed by atoms with Crippen molar-refractivity contribution in [3.63, 3.8) is 0 Å². The number of rotatable bonds is 5. The number of hydrogen-bond acceptors (Lipinski definition) is 4. The zero-order valence-electron chi connectivity index (χ0n) is 13.3. The van der Waals surface area contributed by atoms with E-state index in [2.05, 4.69) is 0 Å². The molecule has 0 amide bonds. The van der Waals surface area contributed by atoms with Crippen LogP contribution in [-0.2, 0) is 11.4 Å². The van der Waals surface area contributed by atoms with Crippen molar-refractivity contribution in [3.05, 3.63) is 53.1 Å². The molecule has 116 valence electrons. The van der Waals surface area contributed by atoms with Crippen LogP contribution in [0, 0.1) is 13.8 Å². The van der Waals surface area contributed by atoms with Gasteiger partial charge in [-0.2, -0.15) is 0 Å². The van der Waals surface area contributed by atoms with Gasteiger partial charge in [-0.25, -0.2) is 0 Å². The van der Waals surface area contributed by atoms with Crippen LogP contribution in [0.4, 0.5) is 0 Å². The van der Waals surface area contributed by atoms with E-state index in [0.29, 0.717) is 12.4 Å². The van der Waals surface area contributed by atoms with E-state index in [1.165, 1.54) is 6.92 Å². The predicted molar refractivity (Wildman–Crippen MR) is 84.6 cm³/mol. The van der Waals surface area contributed by atoms with Gasteiger partial charge in [-0.15, -0.1) is 0 Å². The maximum Gasteiger partial charge on any atom is 0.308 e. The van der Waals surface area contributed by atoms with Gasteiger partial charge in [0.25, 0.3) is 0 Å². The number of carbonyl (C=O) groups excluding carboxylic acids is 1. The van der Waals surface area contributed by atoms with Crippen LogP contribution in [0.1, 0.15) is 23.6 Å². The van der Waals surface area contributed by atoms with Crippen molar-refractivity contribution in [2.24, 2.45) is 0 Å². The van der Waals surface area contributed by atoms with Crippen LogP contribution in [0.5, 0.6) is 17.2 Å². The van der Waals surface area contributed by atoms with Crippen molar-refractivity contribution >= 4 is 5.97 Å². The van der Waals surface area contributed by atoms with Crippen LogP contribution >= 0.6 is 0 Å². The molecule has 0 spiro atoms. The molecule has 0 aliphatic heterocycles. The Morgan fingerprint density at radius 2 is 1.73 bits per heavy atom. The van der Waals surface area contributed by atoms with Crippen molar-refractivity contribution < 1.29 is 19.0 Å². The van der Waals surface area contributed by atoms with Crippen LogP contribution < -0.4 is 14.2 Å². The van der Waals surface area contributed by atoms with Crippen molar-refractivity contribution in [2.75, 3.05) is 7.11 Å². The summed E-state index contributed by atoms with van der Waals surface area (Å²) < 4.78 is 16.2. The smallest absolute Gasteiger partial charge is 0.308 e. The number of esters is 1. The molecule has 0 saturated carbocycles. The Morgan fingerprint density at radius 1 is 1.05 bits per heavy atom. The summed E-state index contributed by atoms with van der Waals surface area (Å²) in [5.74, 6) is 1.82. The highest BCUT2D eigenvalue weighted by molar-refractivity contribution is 5.69. The Hall–Kier alpha value is -2.49. The van der Waals surface area contributed by atoms with Crippen molar-refractivity contribution in [2.45, 2.75) is 27.4 Å². The van der Waals surface area contributed by atoms with Gasteiger partial charge in [0, 0.05) is 6.92 Å². The molecule has 0 saturated heterocycles. The second-order valence-corrected chi connectivity index (χ2v) is 5.12. The van der Waals surface area contributed by atoms with Gasteiger partial charge >= 0.3 is 5.97 Å². The number of ether oxygens (including phenoxy) is 3. The lowest BCUT2D eigenvalue weighted by molar-refractivity contribution is -0.131. The summed E-state index contributed by atoms with van der Waals surface area (Å²) in [5, 5.41) is 0. The first-order chi connectivity index (χ1) is 10.5. The molecule has 4 heteroatoms. The quantitative estimate of drug-likeness (QED) is 0.622. The summed E-state index contributed by atoms with van der Waals surface area (Å²) >= 11 is 0. The Bertz CT molecular complexity index is 654. The van der Waals surface area contributed by atoms with E-state index in [9.17, 15) is 4.79 Å². The molecule has 0 bridgehead atoms. The fourth-order valence-corrected chi connectivity index (χ4v) is 2.28. The number of carbonyl (C=O) groups is 1. The molecule has 4 nitrogen and oxygen atoms in total. The Morgan fingerprint density at radius 3 is 2.32 bits per heavy atom. The standard InChI is InChI=1S/C18H20O4/c1-12-8-17(22-14(3)19)9-13(2)18(12)21-11-15-6-5-7-16(10-15)20-4/h5-10H,11H2,1-4H3. The molecule has 0 aromatic heterocycles. The molecule has 2 aromatic rings. The van der Waals surface area contributed by atoms with Gasteiger partial charge in [-0.3, -0.25) is 4.79 Å². The molecule has 0 radical (unpaired) electrons. The van der Waals surface area contributed by atoms with Crippen LogP contribution in [0.2, 0.25) is 0 Å². The summed E-state index contributed by atoms with van der Waals surface area (Å²) in [6.45, 7) is 5.70. The molecule has 0 aliphatic carbocycles. The topological polar surface area (TPSA) is 44.8 Å². The fraction of sp³-hybridized carbons (Fsp3) is 0.278. The highest BCUT2D eigenvalue weighted by atomic mass is 16.5. The van der Waals surface area contributed by atoms with Crippen molar-refractivity contribution in [1.82, 2.24) is 0 Å². The minimum Gasteiger partial charge on any atom is -0.497 e. The van der Waals surface area contributed by atoms with E-state index < -0.39 is 0 Å². The summed E-state index contributed by atoms with van der Waals surface area (Å²) in [7, 11) is 1.64. The summed E-state index contributed by atoms with van der Waals surface area (Å²) in [5.41, 5.74) is 2.89. The van der Waals surface area contributed by atoms with Crippen LogP contribution in [0.25, 0.3) is 0 Å². The van der Waals surface area contributed by atoms with Crippen molar-refractivity contribution in [3.8, 4) is 17.2 Å². The second kappa shape index (κ2) is 6.98.